The minimum Gasteiger partial charge on any atom is -0.103 e. The molecule has 0 aliphatic carbocycles. The largest absolute Gasteiger partial charge is 0.103 e. The van der Waals surface area contributed by atoms with Crippen molar-refractivity contribution in [2.24, 2.45) is 0 Å². The Bertz CT molecular complexity index is 149. The van der Waals surface area contributed by atoms with Crippen molar-refractivity contribution < 1.29 is 0 Å². The minimum atomic E-state index is 0.994. The highest BCUT2D eigenvalue weighted by molar-refractivity contribution is 5.18. The fourth-order valence-corrected chi connectivity index (χ4v) is 0.575. The SMILES string of the molecule is C=CC=CC(=C)CCC=C. The average molecular weight is 134 g/mol. The Hall–Kier alpha value is -1.04. The van der Waals surface area contributed by atoms with Crippen molar-refractivity contribution in [1.82, 2.24) is 0 Å². The molecule has 0 radical (unpaired) electrons. The summed E-state index contributed by atoms with van der Waals surface area (Å²) in [6.45, 7) is 11.0. The van der Waals surface area contributed by atoms with Crippen LogP contribution >= 0.6 is 0 Å². The molecule has 0 aromatic carbocycles. The molecule has 0 saturated carbocycles. The Kier molecular flexibility index (Phi) is 5.45. The van der Waals surface area contributed by atoms with Crippen LogP contribution in [0.15, 0.2) is 49.6 Å². The van der Waals surface area contributed by atoms with Crippen molar-refractivity contribution in [3.63, 3.8) is 0 Å². The third-order valence-electron chi connectivity index (χ3n) is 1.14. The Labute approximate surface area is 63.3 Å². The molecule has 0 atom stereocenters. The predicted molar refractivity (Wildman–Crippen MR) is 47.9 cm³/mol. The van der Waals surface area contributed by atoms with Gasteiger partial charge in [0.2, 0.25) is 0 Å². The van der Waals surface area contributed by atoms with E-state index in [9.17, 15) is 0 Å². The zero-order valence-electron chi connectivity index (χ0n) is 6.34. The van der Waals surface area contributed by atoms with Crippen LogP contribution in [0, 0.1) is 0 Å². The van der Waals surface area contributed by atoms with Crippen LogP contribution in [0.1, 0.15) is 12.8 Å². The van der Waals surface area contributed by atoms with E-state index < -0.39 is 0 Å². The molecule has 0 fully saturated rings. The lowest BCUT2D eigenvalue weighted by Crippen LogP contribution is -1.72. The first-order chi connectivity index (χ1) is 4.81. The second kappa shape index (κ2) is 6.09. The second-order valence-electron chi connectivity index (χ2n) is 2.08. The van der Waals surface area contributed by atoms with Crippen LogP contribution in [0.5, 0.6) is 0 Å². The topological polar surface area (TPSA) is 0 Å². The van der Waals surface area contributed by atoms with Gasteiger partial charge in [-0.15, -0.1) is 6.58 Å². The molecule has 10 heavy (non-hydrogen) atoms. The molecule has 0 saturated heterocycles. The number of allylic oxidation sites excluding steroid dienone is 5. The van der Waals surface area contributed by atoms with Gasteiger partial charge in [0.1, 0.15) is 0 Å². The zero-order valence-corrected chi connectivity index (χ0v) is 6.34. The number of rotatable bonds is 5. The van der Waals surface area contributed by atoms with Crippen LogP contribution in [-0.2, 0) is 0 Å². The summed E-state index contributed by atoms with van der Waals surface area (Å²) in [4.78, 5) is 0. The van der Waals surface area contributed by atoms with E-state index >= 15 is 0 Å². The van der Waals surface area contributed by atoms with Crippen molar-refractivity contribution in [2.45, 2.75) is 12.8 Å². The molecule has 54 valence electrons. The summed E-state index contributed by atoms with van der Waals surface area (Å²) in [7, 11) is 0. The molecule has 0 aliphatic heterocycles. The monoisotopic (exact) mass is 134 g/mol. The molecular formula is C10H14. The van der Waals surface area contributed by atoms with E-state index in [0.29, 0.717) is 0 Å². The molecule has 0 bridgehead atoms. The fourth-order valence-electron chi connectivity index (χ4n) is 0.575. The predicted octanol–water partition coefficient (Wildman–Crippen LogP) is 3.25. The Morgan fingerprint density at radius 2 is 2.00 bits per heavy atom. The van der Waals surface area contributed by atoms with E-state index in [4.69, 9.17) is 0 Å². The molecule has 0 aromatic heterocycles. The average Bonchev–Trinajstić information content (AvgIpc) is 1.97. The maximum atomic E-state index is 3.85. The maximum absolute atomic E-state index is 3.85. The van der Waals surface area contributed by atoms with Gasteiger partial charge in [-0.2, -0.15) is 0 Å². The van der Waals surface area contributed by atoms with Crippen molar-refractivity contribution in [3.05, 3.63) is 49.6 Å². The Balaban J connectivity index is 3.52. The fraction of sp³-hybridized carbons (Fsp3) is 0.200. The molecule has 0 heterocycles. The van der Waals surface area contributed by atoms with Gasteiger partial charge in [0.15, 0.2) is 0 Å². The highest BCUT2D eigenvalue weighted by atomic mass is 13.9. The first kappa shape index (κ1) is 8.96. The molecule has 0 nitrogen and oxygen atoms in total. The van der Waals surface area contributed by atoms with Crippen molar-refractivity contribution >= 4 is 0 Å². The van der Waals surface area contributed by atoms with E-state index in [1.54, 1.807) is 6.08 Å². The number of hydrogen-bond acceptors (Lipinski definition) is 0. The third-order valence-corrected chi connectivity index (χ3v) is 1.14. The minimum absolute atomic E-state index is 0.994. The van der Waals surface area contributed by atoms with E-state index in [1.165, 1.54) is 0 Å². The highest BCUT2D eigenvalue weighted by Crippen LogP contribution is 2.03. The Morgan fingerprint density at radius 1 is 1.30 bits per heavy atom. The van der Waals surface area contributed by atoms with Crippen LogP contribution < -0.4 is 0 Å². The van der Waals surface area contributed by atoms with Crippen molar-refractivity contribution in [2.75, 3.05) is 0 Å². The van der Waals surface area contributed by atoms with Crippen molar-refractivity contribution in [3.8, 4) is 0 Å². The summed E-state index contributed by atoms with van der Waals surface area (Å²) in [5.41, 5.74) is 1.12. The Morgan fingerprint density at radius 3 is 2.50 bits per heavy atom. The van der Waals surface area contributed by atoms with Crippen LogP contribution in [0.25, 0.3) is 0 Å². The van der Waals surface area contributed by atoms with E-state index in [0.717, 1.165) is 18.4 Å². The number of hydrogen-bond donors (Lipinski definition) is 0. The van der Waals surface area contributed by atoms with Gasteiger partial charge in [0.25, 0.3) is 0 Å². The van der Waals surface area contributed by atoms with Crippen LogP contribution in [0.4, 0.5) is 0 Å². The van der Waals surface area contributed by atoms with Gasteiger partial charge in [-0.05, 0) is 12.8 Å². The standard InChI is InChI=1S/C10H14/c1-4-6-8-10(3)9-7-5-2/h4-6,8H,1-3,7,9H2. The molecule has 0 unspecified atom stereocenters. The first-order valence-corrected chi connectivity index (χ1v) is 3.39. The van der Waals surface area contributed by atoms with Gasteiger partial charge in [0, 0.05) is 0 Å². The van der Waals surface area contributed by atoms with Gasteiger partial charge in [0.05, 0.1) is 0 Å². The van der Waals surface area contributed by atoms with E-state index in [1.807, 2.05) is 18.2 Å². The van der Waals surface area contributed by atoms with E-state index in [-0.39, 0.29) is 0 Å². The lowest BCUT2D eigenvalue weighted by molar-refractivity contribution is 1.02. The molecule has 0 amide bonds. The first-order valence-electron chi connectivity index (χ1n) is 3.39. The summed E-state index contributed by atoms with van der Waals surface area (Å²) >= 11 is 0. The third kappa shape index (κ3) is 5.10. The van der Waals surface area contributed by atoms with Gasteiger partial charge in [-0.3, -0.25) is 0 Å². The molecule has 0 rings (SSSR count). The normalized spacial score (nSPS) is 9.60. The smallest absolute Gasteiger partial charge is 0.0250 e. The molecule has 0 N–H and O–H groups in total. The van der Waals surface area contributed by atoms with E-state index in [2.05, 4.69) is 19.7 Å². The second-order valence-corrected chi connectivity index (χ2v) is 2.08. The van der Waals surface area contributed by atoms with Gasteiger partial charge in [-0.1, -0.05) is 43.0 Å². The quantitative estimate of drug-likeness (QED) is 0.400. The van der Waals surface area contributed by atoms with Crippen LogP contribution in [-0.4, -0.2) is 0 Å². The molecule has 0 heteroatoms. The maximum Gasteiger partial charge on any atom is -0.0250 e. The molecule has 0 aliphatic rings. The van der Waals surface area contributed by atoms with Crippen LogP contribution in [0.2, 0.25) is 0 Å². The van der Waals surface area contributed by atoms with Gasteiger partial charge < -0.3 is 0 Å². The van der Waals surface area contributed by atoms with Crippen molar-refractivity contribution in [1.29, 1.82) is 0 Å². The lowest BCUT2D eigenvalue weighted by Gasteiger charge is -1.92. The summed E-state index contributed by atoms with van der Waals surface area (Å²) in [5, 5.41) is 0. The molecule has 0 spiro atoms. The zero-order chi connectivity index (χ0) is 7.82. The lowest BCUT2D eigenvalue weighted by atomic mass is 10.1. The summed E-state index contributed by atoms with van der Waals surface area (Å²) in [5.74, 6) is 0. The summed E-state index contributed by atoms with van der Waals surface area (Å²) in [6, 6.07) is 0. The highest BCUT2D eigenvalue weighted by Gasteiger charge is 1.83. The van der Waals surface area contributed by atoms with Gasteiger partial charge in [-0.25, -0.2) is 0 Å². The molecule has 0 aromatic rings. The summed E-state index contributed by atoms with van der Waals surface area (Å²) in [6.07, 6.45) is 9.50. The molecular weight excluding hydrogens is 120 g/mol. The summed E-state index contributed by atoms with van der Waals surface area (Å²) < 4.78 is 0. The van der Waals surface area contributed by atoms with Crippen LogP contribution in [0.3, 0.4) is 0 Å². The van der Waals surface area contributed by atoms with Gasteiger partial charge >= 0.3 is 0 Å².